The molecule has 0 aliphatic carbocycles. The summed E-state index contributed by atoms with van der Waals surface area (Å²) in [4.78, 5) is 30.0. The molecule has 4 nitrogen and oxygen atoms in total. The number of hydrogen-bond donors (Lipinski definition) is 1. The Bertz CT molecular complexity index is 141. The van der Waals surface area contributed by atoms with Crippen LogP contribution >= 0.6 is 0 Å². The molecule has 0 fully saturated rings. The molecule has 0 bridgehead atoms. The van der Waals surface area contributed by atoms with Crippen LogP contribution in [0.4, 0.5) is 0 Å². The third kappa shape index (κ3) is 4.67. The molecule has 0 aliphatic heterocycles. The number of aldehydes is 1. The quantitative estimate of drug-likeness (QED) is 0.393. The second-order valence-corrected chi connectivity index (χ2v) is 1.48. The smallest absolute Gasteiger partial charge is 0.233 e. The number of amides is 2. The van der Waals surface area contributed by atoms with Crippen LogP contribution in [0, 0.1) is 0 Å². The van der Waals surface area contributed by atoms with E-state index in [1.54, 1.807) is 0 Å². The summed E-state index contributed by atoms with van der Waals surface area (Å²) in [6, 6.07) is 0. The first kappa shape index (κ1) is 7.81. The topological polar surface area (TPSA) is 63.2 Å². The fourth-order valence-corrected chi connectivity index (χ4v) is 0.323. The van der Waals surface area contributed by atoms with E-state index in [1.807, 2.05) is 5.32 Å². The van der Waals surface area contributed by atoms with Gasteiger partial charge < -0.3 is 4.79 Å². The van der Waals surface area contributed by atoms with Crippen molar-refractivity contribution >= 4 is 18.1 Å². The lowest BCUT2D eigenvalue weighted by Crippen LogP contribution is -2.27. The van der Waals surface area contributed by atoms with Gasteiger partial charge in [-0.05, 0) is 0 Å². The van der Waals surface area contributed by atoms with Crippen molar-refractivity contribution in [2.45, 2.75) is 13.3 Å². The molecule has 0 aliphatic rings. The Morgan fingerprint density at radius 3 is 2.44 bits per heavy atom. The van der Waals surface area contributed by atoms with Gasteiger partial charge in [-0.1, -0.05) is 0 Å². The summed E-state index contributed by atoms with van der Waals surface area (Å²) in [6.07, 6.45) is 0.192. The van der Waals surface area contributed by atoms with Gasteiger partial charge in [-0.3, -0.25) is 14.9 Å². The number of carbonyl (C=O) groups excluding carboxylic acids is 3. The summed E-state index contributed by atoms with van der Waals surface area (Å²) in [6.45, 7) is 1.21. The van der Waals surface area contributed by atoms with Crippen LogP contribution in [0.15, 0.2) is 0 Å². The lowest BCUT2D eigenvalue weighted by Gasteiger charge is -1.92. The number of rotatable bonds is 2. The highest BCUT2D eigenvalue weighted by atomic mass is 16.2. The number of nitrogens with one attached hydrogen (secondary N) is 1. The molecule has 2 amide bonds. The van der Waals surface area contributed by atoms with Crippen molar-refractivity contribution in [3.8, 4) is 0 Å². The molecular formula is C5H7NO3. The number of carbonyl (C=O) groups is 3. The zero-order chi connectivity index (χ0) is 7.28. The Morgan fingerprint density at radius 2 is 2.11 bits per heavy atom. The van der Waals surface area contributed by atoms with Crippen molar-refractivity contribution in [2.24, 2.45) is 0 Å². The van der Waals surface area contributed by atoms with Gasteiger partial charge in [0, 0.05) is 6.92 Å². The van der Waals surface area contributed by atoms with Gasteiger partial charge in [0.25, 0.3) is 0 Å². The third-order valence-electron chi connectivity index (χ3n) is 0.584. The van der Waals surface area contributed by atoms with Crippen molar-refractivity contribution < 1.29 is 14.4 Å². The fraction of sp³-hybridized carbons (Fsp3) is 0.400. The highest BCUT2D eigenvalue weighted by Gasteiger charge is 1.99. The summed E-state index contributed by atoms with van der Waals surface area (Å²) in [7, 11) is 0. The monoisotopic (exact) mass is 129 g/mol. The predicted molar refractivity (Wildman–Crippen MR) is 29.5 cm³/mol. The standard InChI is InChI=1S/C5H7NO3/c1-4(8)6-5(9)2-3-7/h3H,2H2,1H3,(H,6,8,9). The Kier molecular flexibility index (Phi) is 3.27. The molecule has 0 atom stereocenters. The first-order valence-electron chi connectivity index (χ1n) is 2.41. The van der Waals surface area contributed by atoms with E-state index in [4.69, 9.17) is 0 Å². The fourth-order valence-electron chi connectivity index (χ4n) is 0.323. The van der Waals surface area contributed by atoms with E-state index in [2.05, 4.69) is 0 Å². The van der Waals surface area contributed by atoms with E-state index in [0.717, 1.165) is 0 Å². The van der Waals surface area contributed by atoms with Crippen molar-refractivity contribution in [3.05, 3.63) is 0 Å². The zero-order valence-corrected chi connectivity index (χ0v) is 5.01. The maximum absolute atomic E-state index is 10.3. The summed E-state index contributed by atoms with van der Waals surface area (Å²) in [5.74, 6) is -1.00. The van der Waals surface area contributed by atoms with Crippen molar-refractivity contribution in [2.75, 3.05) is 0 Å². The first-order chi connectivity index (χ1) is 4.16. The van der Waals surface area contributed by atoms with Gasteiger partial charge in [0.05, 0.1) is 6.42 Å². The van der Waals surface area contributed by atoms with E-state index in [1.165, 1.54) is 6.92 Å². The molecule has 0 saturated heterocycles. The summed E-state index contributed by atoms with van der Waals surface area (Å²) >= 11 is 0. The van der Waals surface area contributed by atoms with Crippen LogP contribution in [0.2, 0.25) is 0 Å². The second-order valence-electron chi connectivity index (χ2n) is 1.48. The molecule has 1 N–H and O–H groups in total. The van der Waals surface area contributed by atoms with Crippen molar-refractivity contribution in [1.29, 1.82) is 0 Å². The molecule has 9 heavy (non-hydrogen) atoms. The molecule has 0 rings (SSSR count). The third-order valence-corrected chi connectivity index (χ3v) is 0.584. The Hall–Kier alpha value is -1.19. The van der Waals surface area contributed by atoms with Crippen molar-refractivity contribution in [3.63, 3.8) is 0 Å². The first-order valence-corrected chi connectivity index (χ1v) is 2.41. The maximum Gasteiger partial charge on any atom is 0.233 e. The maximum atomic E-state index is 10.3. The molecule has 0 heterocycles. The van der Waals surface area contributed by atoms with E-state index >= 15 is 0 Å². The lowest BCUT2D eigenvalue weighted by atomic mass is 10.4. The Morgan fingerprint density at radius 1 is 1.56 bits per heavy atom. The normalized spacial score (nSPS) is 8.11. The Balaban J connectivity index is 3.50. The van der Waals surface area contributed by atoms with Crippen LogP contribution in [0.5, 0.6) is 0 Å². The largest absolute Gasteiger partial charge is 0.303 e. The van der Waals surface area contributed by atoms with E-state index in [9.17, 15) is 14.4 Å². The SMILES string of the molecule is CC(=O)NC(=O)CC=O. The van der Waals surface area contributed by atoms with Gasteiger partial charge in [-0.25, -0.2) is 0 Å². The minimum atomic E-state index is -0.558. The molecule has 0 aromatic rings. The molecule has 0 saturated carbocycles. The van der Waals surface area contributed by atoms with Crippen LogP contribution in [-0.4, -0.2) is 18.1 Å². The molecule has 0 aromatic heterocycles. The molecule has 0 unspecified atom stereocenters. The molecule has 0 radical (unpaired) electrons. The van der Waals surface area contributed by atoms with Gasteiger partial charge in [-0.15, -0.1) is 0 Å². The molecule has 4 heteroatoms. The highest BCUT2D eigenvalue weighted by molar-refractivity contribution is 5.98. The van der Waals surface area contributed by atoms with Gasteiger partial charge in [-0.2, -0.15) is 0 Å². The van der Waals surface area contributed by atoms with E-state index in [0.29, 0.717) is 6.29 Å². The average molecular weight is 129 g/mol. The predicted octanol–water partition coefficient (Wildman–Crippen LogP) is -0.762. The second kappa shape index (κ2) is 3.77. The van der Waals surface area contributed by atoms with Crippen LogP contribution in [0.1, 0.15) is 13.3 Å². The van der Waals surface area contributed by atoms with Gasteiger partial charge >= 0.3 is 0 Å². The van der Waals surface area contributed by atoms with Crippen LogP contribution in [0.3, 0.4) is 0 Å². The molecule has 50 valence electrons. The lowest BCUT2D eigenvalue weighted by molar-refractivity contribution is -0.130. The minimum Gasteiger partial charge on any atom is -0.303 e. The summed E-state index contributed by atoms with van der Waals surface area (Å²) < 4.78 is 0. The van der Waals surface area contributed by atoms with Gasteiger partial charge in [0.1, 0.15) is 6.29 Å². The highest BCUT2D eigenvalue weighted by Crippen LogP contribution is 1.70. The molecule has 0 aromatic carbocycles. The van der Waals surface area contributed by atoms with E-state index < -0.39 is 11.8 Å². The molecule has 0 spiro atoms. The zero-order valence-electron chi connectivity index (χ0n) is 5.01. The average Bonchev–Trinajstić information content (AvgIpc) is 1.63. The summed E-state index contributed by atoms with van der Waals surface area (Å²) in [5, 5.41) is 1.93. The minimum absolute atomic E-state index is 0.250. The summed E-state index contributed by atoms with van der Waals surface area (Å²) in [5.41, 5.74) is 0. The van der Waals surface area contributed by atoms with E-state index in [-0.39, 0.29) is 6.42 Å². The Labute approximate surface area is 52.2 Å². The van der Waals surface area contributed by atoms with Crippen LogP contribution < -0.4 is 5.32 Å². The number of hydrogen-bond acceptors (Lipinski definition) is 3. The number of imide groups is 1. The van der Waals surface area contributed by atoms with Gasteiger partial charge in [0.15, 0.2) is 0 Å². The molecular weight excluding hydrogens is 122 g/mol. The van der Waals surface area contributed by atoms with Crippen LogP contribution in [0.25, 0.3) is 0 Å². The van der Waals surface area contributed by atoms with Gasteiger partial charge in [0.2, 0.25) is 11.8 Å². The van der Waals surface area contributed by atoms with Crippen molar-refractivity contribution in [1.82, 2.24) is 5.32 Å². The van der Waals surface area contributed by atoms with Crippen LogP contribution in [-0.2, 0) is 14.4 Å².